The second-order valence-corrected chi connectivity index (χ2v) is 9.57. The number of hydrogen-bond acceptors (Lipinski definition) is 7. The summed E-state index contributed by atoms with van der Waals surface area (Å²) < 4.78 is 12.8. The third-order valence-corrected chi connectivity index (χ3v) is 7.31. The predicted octanol–water partition coefficient (Wildman–Crippen LogP) is 4.55. The van der Waals surface area contributed by atoms with Gasteiger partial charge < -0.3 is 20.1 Å². The standard InChI is InChI=1S/C30H29N5O3/c1-37-27-16-23(34-13-11-22(31)12-14-34)6-8-26(27)35-29(36)10-5-21-18-32-25-7-3-19(15-24(25)30(21)35)20-4-9-28(38-2)33-17-20/h3-10,15-18,22H,11-14,31H2,1-2H3. The smallest absolute Gasteiger partial charge is 0.255 e. The lowest BCUT2D eigenvalue weighted by atomic mass is 10.0. The molecule has 1 fully saturated rings. The monoisotopic (exact) mass is 507 g/mol. The van der Waals surface area contributed by atoms with Gasteiger partial charge in [-0.05, 0) is 54.8 Å². The highest BCUT2D eigenvalue weighted by atomic mass is 16.5. The number of anilines is 1. The van der Waals surface area contributed by atoms with E-state index in [1.807, 2.05) is 42.5 Å². The first-order chi connectivity index (χ1) is 18.6. The topological polar surface area (TPSA) is 95.5 Å². The fraction of sp³-hybridized carbons (Fsp3) is 0.233. The predicted molar refractivity (Wildman–Crippen MR) is 151 cm³/mol. The van der Waals surface area contributed by atoms with E-state index in [0.29, 0.717) is 17.3 Å². The molecule has 192 valence electrons. The summed E-state index contributed by atoms with van der Waals surface area (Å²) in [4.78, 5) is 24.8. The van der Waals surface area contributed by atoms with E-state index in [4.69, 9.17) is 15.2 Å². The lowest BCUT2D eigenvalue weighted by molar-refractivity contribution is 0.398. The van der Waals surface area contributed by atoms with Gasteiger partial charge in [0, 0.05) is 71.7 Å². The minimum absolute atomic E-state index is 0.142. The largest absolute Gasteiger partial charge is 0.494 e. The number of benzene rings is 2. The molecule has 6 rings (SSSR count). The summed E-state index contributed by atoms with van der Waals surface area (Å²) in [6.45, 7) is 1.80. The lowest BCUT2D eigenvalue weighted by Crippen LogP contribution is -2.39. The third kappa shape index (κ3) is 4.22. The molecule has 1 aliphatic heterocycles. The molecule has 2 aromatic carbocycles. The Balaban J connectivity index is 1.53. The van der Waals surface area contributed by atoms with Crippen molar-refractivity contribution >= 4 is 27.5 Å². The van der Waals surface area contributed by atoms with E-state index in [0.717, 1.165) is 64.6 Å². The van der Waals surface area contributed by atoms with Gasteiger partial charge in [0.05, 0.1) is 30.9 Å². The Morgan fingerprint density at radius 2 is 1.68 bits per heavy atom. The Kier molecular flexibility index (Phi) is 6.17. The van der Waals surface area contributed by atoms with E-state index < -0.39 is 0 Å². The molecule has 8 nitrogen and oxygen atoms in total. The maximum absolute atomic E-state index is 13.4. The first-order valence-electron chi connectivity index (χ1n) is 12.7. The van der Waals surface area contributed by atoms with Gasteiger partial charge in [0.25, 0.3) is 5.56 Å². The van der Waals surface area contributed by atoms with Crippen molar-refractivity contribution < 1.29 is 9.47 Å². The van der Waals surface area contributed by atoms with Gasteiger partial charge in [0.1, 0.15) is 5.75 Å². The van der Waals surface area contributed by atoms with Crippen molar-refractivity contribution in [2.24, 2.45) is 5.73 Å². The first-order valence-corrected chi connectivity index (χ1v) is 12.7. The average Bonchev–Trinajstić information content (AvgIpc) is 2.97. The Labute approximate surface area is 220 Å². The zero-order valence-corrected chi connectivity index (χ0v) is 21.4. The zero-order chi connectivity index (χ0) is 26.2. The van der Waals surface area contributed by atoms with Gasteiger partial charge in [-0.15, -0.1) is 0 Å². The van der Waals surface area contributed by atoms with Gasteiger partial charge in [-0.1, -0.05) is 6.07 Å². The number of rotatable bonds is 5. The molecule has 8 heteroatoms. The fourth-order valence-corrected chi connectivity index (χ4v) is 5.21. The number of ether oxygens (including phenoxy) is 2. The van der Waals surface area contributed by atoms with Gasteiger partial charge in [0.2, 0.25) is 5.88 Å². The number of nitrogens with two attached hydrogens (primary N) is 1. The first kappa shape index (κ1) is 23.9. The van der Waals surface area contributed by atoms with Crippen LogP contribution >= 0.6 is 0 Å². The molecule has 0 unspecified atom stereocenters. The van der Waals surface area contributed by atoms with E-state index in [1.165, 1.54) is 0 Å². The van der Waals surface area contributed by atoms with Gasteiger partial charge in [-0.3, -0.25) is 14.3 Å². The molecule has 1 saturated heterocycles. The van der Waals surface area contributed by atoms with E-state index >= 15 is 0 Å². The van der Waals surface area contributed by atoms with Crippen LogP contribution in [0.1, 0.15) is 12.8 Å². The minimum Gasteiger partial charge on any atom is -0.494 e. The highest BCUT2D eigenvalue weighted by molar-refractivity contribution is 6.05. The third-order valence-electron chi connectivity index (χ3n) is 7.31. The maximum atomic E-state index is 13.4. The van der Waals surface area contributed by atoms with Crippen LogP contribution in [0, 0.1) is 0 Å². The average molecular weight is 508 g/mol. The molecule has 0 aliphatic carbocycles. The summed E-state index contributed by atoms with van der Waals surface area (Å²) in [5.74, 6) is 1.19. The number of methoxy groups -OCH3 is 2. The summed E-state index contributed by atoms with van der Waals surface area (Å²) in [6.07, 6.45) is 5.50. The van der Waals surface area contributed by atoms with Crippen LogP contribution in [0.15, 0.2) is 77.9 Å². The molecule has 38 heavy (non-hydrogen) atoms. The number of aromatic nitrogens is 3. The fourth-order valence-electron chi connectivity index (χ4n) is 5.21. The van der Waals surface area contributed by atoms with E-state index in [1.54, 1.807) is 37.2 Å². The van der Waals surface area contributed by atoms with Crippen LogP contribution < -0.4 is 25.7 Å². The van der Waals surface area contributed by atoms with Crippen LogP contribution in [0.2, 0.25) is 0 Å². The van der Waals surface area contributed by atoms with Crippen LogP contribution in [-0.4, -0.2) is 47.9 Å². The Morgan fingerprint density at radius 1 is 0.868 bits per heavy atom. The van der Waals surface area contributed by atoms with E-state index in [-0.39, 0.29) is 11.6 Å². The van der Waals surface area contributed by atoms with Crippen molar-refractivity contribution in [1.82, 2.24) is 14.5 Å². The quantitative estimate of drug-likeness (QED) is 0.349. The molecule has 0 bridgehead atoms. The molecule has 5 aromatic rings. The summed E-state index contributed by atoms with van der Waals surface area (Å²) in [6, 6.07) is 19.5. The van der Waals surface area contributed by atoms with Gasteiger partial charge in [0.15, 0.2) is 0 Å². The number of pyridine rings is 3. The van der Waals surface area contributed by atoms with E-state index in [2.05, 4.69) is 27.0 Å². The van der Waals surface area contributed by atoms with Crippen molar-refractivity contribution in [1.29, 1.82) is 0 Å². The number of piperidine rings is 1. The second kappa shape index (κ2) is 9.79. The summed E-state index contributed by atoms with van der Waals surface area (Å²) in [5.41, 5.74) is 11.2. The normalized spacial score (nSPS) is 14.2. The molecule has 3 aromatic heterocycles. The minimum atomic E-state index is -0.142. The Morgan fingerprint density at radius 3 is 2.42 bits per heavy atom. The molecule has 0 saturated carbocycles. The van der Waals surface area contributed by atoms with Gasteiger partial charge in [-0.2, -0.15) is 0 Å². The summed E-state index contributed by atoms with van der Waals surface area (Å²) in [7, 11) is 3.23. The van der Waals surface area contributed by atoms with Crippen LogP contribution in [0.5, 0.6) is 11.6 Å². The number of nitrogens with zero attached hydrogens (tertiary/aromatic N) is 4. The number of fused-ring (bicyclic) bond motifs is 3. The molecule has 0 spiro atoms. The van der Waals surface area contributed by atoms with Crippen LogP contribution in [-0.2, 0) is 0 Å². The van der Waals surface area contributed by atoms with Crippen molar-refractivity contribution in [2.45, 2.75) is 18.9 Å². The SMILES string of the molecule is COc1ccc(-c2ccc3ncc4ccc(=O)n(-c5ccc(N6CCC(N)CC6)cc5OC)c4c3c2)cn1. The lowest BCUT2D eigenvalue weighted by Gasteiger charge is -2.32. The highest BCUT2D eigenvalue weighted by Gasteiger charge is 2.19. The number of hydrogen-bond donors (Lipinski definition) is 1. The summed E-state index contributed by atoms with van der Waals surface area (Å²) >= 11 is 0. The maximum Gasteiger partial charge on any atom is 0.255 e. The van der Waals surface area contributed by atoms with Crippen LogP contribution in [0.25, 0.3) is 38.6 Å². The molecule has 0 amide bonds. The molecular weight excluding hydrogens is 478 g/mol. The molecule has 0 radical (unpaired) electrons. The molecular formula is C30H29N5O3. The summed E-state index contributed by atoms with van der Waals surface area (Å²) in [5, 5.41) is 1.72. The van der Waals surface area contributed by atoms with Crippen LogP contribution in [0.3, 0.4) is 0 Å². The zero-order valence-electron chi connectivity index (χ0n) is 21.4. The molecule has 4 heterocycles. The van der Waals surface area contributed by atoms with Crippen LogP contribution in [0.4, 0.5) is 5.69 Å². The van der Waals surface area contributed by atoms with Crippen molar-refractivity contribution in [3.8, 4) is 28.4 Å². The molecule has 2 N–H and O–H groups in total. The van der Waals surface area contributed by atoms with Gasteiger partial charge in [-0.25, -0.2) is 4.98 Å². The van der Waals surface area contributed by atoms with E-state index in [9.17, 15) is 4.79 Å². The van der Waals surface area contributed by atoms with Crippen molar-refractivity contribution in [3.63, 3.8) is 0 Å². The Hall–Kier alpha value is -4.43. The molecule has 1 aliphatic rings. The Bertz CT molecular complexity index is 1690. The highest BCUT2D eigenvalue weighted by Crippen LogP contribution is 2.34. The second-order valence-electron chi connectivity index (χ2n) is 9.57. The van der Waals surface area contributed by atoms with Crippen molar-refractivity contribution in [2.75, 3.05) is 32.2 Å². The van der Waals surface area contributed by atoms with Crippen molar-refractivity contribution in [3.05, 3.63) is 83.4 Å². The van der Waals surface area contributed by atoms with Gasteiger partial charge >= 0.3 is 0 Å². The molecule has 0 atom stereocenters.